The van der Waals surface area contributed by atoms with Crippen LogP contribution >= 0.6 is 11.6 Å². The summed E-state index contributed by atoms with van der Waals surface area (Å²) in [5.41, 5.74) is 11.9. The maximum Gasteiger partial charge on any atom is 0.412 e. The Morgan fingerprint density at radius 2 is 1.69 bits per heavy atom. The highest BCUT2D eigenvalue weighted by atomic mass is 35.5. The molecule has 0 amide bonds. The minimum atomic E-state index is -4.26. The highest BCUT2D eigenvalue weighted by molar-refractivity contribution is 6.31. The van der Waals surface area contributed by atoms with E-state index in [2.05, 4.69) is 18.8 Å². The second kappa shape index (κ2) is 17.3. The monoisotopic (exact) mass is 610 g/mol. The van der Waals surface area contributed by atoms with E-state index >= 15 is 0 Å². The van der Waals surface area contributed by atoms with Gasteiger partial charge in [0.25, 0.3) is 0 Å². The molecule has 0 radical (unpaired) electrons. The van der Waals surface area contributed by atoms with E-state index in [0.717, 1.165) is 73.1 Å². The summed E-state index contributed by atoms with van der Waals surface area (Å²) in [6.07, 6.45) is 4.21. The summed E-state index contributed by atoms with van der Waals surface area (Å²) in [6.45, 7) is 14.4. The molecule has 0 aromatic heterocycles. The van der Waals surface area contributed by atoms with Crippen molar-refractivity contribution in [1.29, 1.82) is 0 Å². The lowest BCUT2D eigenvalue weighted by atomic mass is 9.83. The third-order valence-electron chi connectivity index (χ3n) is 7.15. The number of anilines is 1. The Morgan fingerprint density at radius 1 is 1.05 bits per heavy atom. The van der Waals surface area contributed by atoms with Crippen molar-refractivity contribution in [2.24, 2.45) is 4.99 Å². The fraction of sp³-hybridized carbons (Fsp3) is 0.441. The van der Waals surface area contributed by atoms with Gasteiger partial charge in [0.15, 0.2) is 11.6 Å². The first-order chi connectivity index (χ1) is 19.6. The third kappa shape index (κ3) is 10.7. The SMILES string of the molecule is CC/C=C(C)/N=C/C=C(\C)C(F)(F)F.CCCC/C(=C(/C)C(C)c1ccc(C)c(F)c1F)c1cc(Cl)cc(N)c1CC. The predicted octanol–water partition coefficient (Wildman–Crippen LogP) is 11.7. The van der Waals surface area contributed by atoms with E-state index in [1.165, 1.54) is 6.21 Å². The Hall–Kier alpha value is -2.93. The molecule has 1 unspecified atom stereocenters. The largest absolute Gasteiger partial charge is 0.412 e. The zero-order valence-electron chi connectivity index (χ0n) is 25.9. The number of nitrogens with zero attached hydrogens (tertiary/aromatic N) is 1. The minimum Gasteiger partial charge on any atom is -0.398 e. The Balaban J connectivity index is 0.000000532. The summed E-state index contributed by atoms with van der Waals surface area (Å²) in [4.78, 5) is 3.83. The Kier molecular flexibility index (Phi) is 15.2. The van der Waals surface area contributed by atoms with E-state index in [-0.39, 0.29) is 5.92 Å². The van der Waals surface area contributed by atoms with Crippen LogP contribution in [0.5, 0.6) is 0 Å². The lowest BCUT2D eigenvalue weighted by molar-refractivity contribution is -0.0911. The van der Waals surface area contributed by atoms with Gasteiger partial charge in [0.2, 0.25) is 0 Å². The molecule has 0 fully saturated rings. The molecule has 0 saturated carbocycles. The average Bonchev–Trinajstić information content (AvgIpc) is 2.91. The molecule has 8 heteroatoms. The molecule has 2 N–H and O–H groups in total. The van der Waals surface area contributed by atoms with Crippen molar-refractivity contribution in [3.63, 3.8) is 0 Å². The molecule has 232 valence electrons. The fourth-order valence-electron chi connectivity index (χ4n) is 4.42. The molecule has 0 saturated heterocycles. The zero-order valence-corrected chi connectivity index (χ0v) is 26.7. The van der Waals surface area contributed by atoms with Crippen LogP contribution in [0, 0.1) is 18.6 Å². The van der Waals surface area contributed by atoms with E-state index < -0.39 is 23.4 Å². The molecule has 0 bridgehead atoms. The lowest BCUT2D eigenvalue weighted by Crippen LogP contribution is -2.08. The number of nitrogen functional groups attached to an aromatic ring is 1. The molecule has 0 spiro atoms. The smallest absolute Gasteiger partial charge is 0.398 e. The van der Waals surface area contributed by atoms with Crippen molar-refractivity contribution in [3.05, 3.63) is 92.2 Å². The minimum absolute atomic E-state index is 0.258. The van der Waals surface area contributed by atoms with Crippen molar-refractivity contribution < 1.29 is 22.0 Å². The van der Waals surface area contributed by atoms with Crippen molar-refractivity contribution in [1.82, 2.24) is 0 Å². The number of rotatable bonds is 10. The molecule has 2 aromatic carbocycles. The van der Waals surface area contributed by atoms with Gasteiger partial charge in [-0.15, -0.1) is 0 Å². The summed E-state index contributed by atoms with van der Waals surface area (Å²) in [5, 5.41) is 0.590. The Bertz CT molecular complexity index is 1320. The molecular formula is C34H44ClF5N2. The maximum atomic E-state index is 14.6. The number of allylic oxidation sites excluding steroid dienone is 6. The van der Waals surface area contributed by atoms with E-state index in [9.17, 15) is 22.0 Å². The van der Waals surface area contributed by atoms with Gasteiger partial charge in [0.05, 0.1) is 0 Å². The number of aryl methyl sites for hydroxylation is 1. The molecule has 0 aliphatic carbocycles. The summed E-state index contributed by atoms with van der Waals surface area (Å²) in [7, 11) is 0. The van der Waals surface area contributed by atoms with E-state index in [4.69, 9.17) is 17.3 Å². The number of hydrogen-bond donors (Lipinski definition) is 1. The van der Waals surface area contributed by atoms with Gasteiger partial charge < -0.3 is 5.73 Å². The number of benzene rings is 2. The first-order valence-corrected chi connectivity index (χ1v) is 14.6. The van der Waals surface area contributed by atoms with Crippen LogP contribution in [0.25, 0.3) is 5.57 Å². The second-order valence-electron chi connectivity index (χ2n) is 10.3. The highest BCUT2D eigenvalue weighted by Gasteiger charge is 2.29. The summed E-state index contributed by atoms with van der Waals surface area (Å²) < 4.78 is 64.7. The van der Waals surface area contributed by atoms with Crippen molar-refractivity contribution in [2.75, 3.05) is 5.73 Å². The maximum absolute atomic E-state index is 14.6. The van der Waals surface area contributed by atoms with Gasteiger partial charge in [0.1, 0.15) is 0 Å². The van der Waals surface area contributed by atoms with Crippen LogP contribution in [0.2, 0.25) is 5.02 Å². The van der Waals surface area contributed by atoms with Gasteiger partial charge in [-0.05, 0) is 99.4 Å². The topological polar surface area (TPSA) is 38.4 Å². The van der Waals surface area contributed by atoms with Crippen LogP contribution in [0.3, 0.4) is 0 Å². The van der Waals surface area contributed by atoms with Crippen LogP contribution in [-0.2, 0) is 6.42 Å². The number of alkyl halides is 3. The number of nitrogens with two attached hydrogens (primary N) is 1. The van der Waals surface area contributed by atoms with Gasteiger partial charge in [-0.25, -0.2) is 8.78 Å². The number of halogens is 6. The molecule has 1 atom stereocenters. The van der Waals surface area contributed by atoms with Crippen LogP contribution in [0.1, 0.15) is 102 Å². The highest BCUT2D eigenvalue weighted by Crippen LogP contribution is 2.39. The van der Waals surface area contributed by atoms with Crippen LogP contribution in [-0.4, -0.2) is 12.4 Å². The quantitative estimate of drug-likeness (QED) is 0.162. The normalized spacial score (nSPS) is 14.0. The number of hydrogen-bond acceptors (Lipinski definition) is 2. The van der Waals surface area contributed by atoms with Crippen LogP contribution in [0.15, 0.2) is 58.3 Å². The van der Waals surface area contributed by atoms with E-state index in [1.54, 1.807) is 32.0 Å². The molecular weight excluding hydrogens is 567 g/mol. The third-order valence-corrected chi connectivity index (χ3v) is 7.37. The summed E-state index contributed by atoms with van der Waals surface area (Å²) in [6, 6.07) is 7.05. The lowest BCUT2D eigenvalue weighted by Gasteiger charge is -2.22. The van der Waals surface area contributed by atoms with Crippen LogP contribution < -0.4 is 5.73 Å². The Labute approximate surface area is 253 Å². The molecule has 42 heavy (non-hydrogen) atoms. The van der Waals surface area contributed by atoms with Crippen molar-refractivity contribution >= 4 is 29.1 Å². The predicted molar refractivity (Wildman–Crippen MR) is 169 cm³/mol. The van der Waals surface area contributed by atoms with Gasteiger partial charge in [-0.2, -0.15) is 13.2 Å². The van der Waals surface area contributed by atoms with Crippen LogP contribution in [0.4, 0.5) is 27.6 Å². The van der Waals surface area contributed by atoms with Crippen molar-refractivity contribution in [3.8, 4) is 0 Å². The number of unbranched alkanes of at least 4 members (excludes halogenated alkanes) is 1. The zero-order chi connectivity index (χ0) is 32.2. The first-order valence-electron chi connectivity index (χ1n) is 14.3. The standard InChI is InChI=1S/C24H30ClF2N.C10H14F3N/c1-6-8-9-19(21-12-17(25)13-22(28)18(21)7-2)15(4)16(5)20-11-10-14(3)23(26)24(20)27;1-4-5-9(3)14-7-6-8(2)10(11,12)13/h10-13,16H,6-9,28H2,1-5H3;5-7H,4H2,1-3H3/b19-15+;8-6+,9-5+,14-7+. The first kappa shape index (κ1) is 37.1. The summed E-state index contributed by atoms with van der Waals surface area (Å²) >= 11 is 6.31. The van der Waals surface area contributed by atoms with Gasteiger partial charge in [-0.3, -0.25) is 4.99 Å². The Morgan fingerprint density at radius 3 is 2.24 bits per heavy atom. The molecule has 0 aliphatic heterocycles. The second-order valence-corrected chi connectivity index (χ2v) is 10.8. The van der Waals surface area contributed by atoms with Gasteiger partial charge in [-0.1, -0.05) is 69.5 Å². The van der Waals surface area contributed by atoms with E-state index in [1.807, 2.05) is 32.9 Å². The molecule has 0 heterocycles. The number of aliphatic imine (C=N–C) groups is 1. The summed E-state index contributed by atoms with van der Waals surface area (Å²) in [5.74, 6) is -1.79. The average molecular weight is 611 g/mol. The molecule has 2 rings (SSSR count). The molecule has 0 aliphatic rings. The molecule has 2 aromatic rings. The van der Waals surface area contributed by atoms with Crippen molar-refractivity contribution in [2.45, 2.75) is 99.6 Å². The fourth-order valence-corrected chi connectivity index (χ4v) is 4.65. The van der Waals surface area contributed by atoms with Gasteiger partial charge >= 0.3 is 6.18 Å². The van der Waals surface area contributed by atoms with E-state index in [0.29, 0.717) is 21.8 Å². The molecule has 2 nitrogen and oxygen atoms in total. The van der Waals surface area contributed by atoms with Gasteiger partial charge in [0, 0.05) is 34.1 Å².